The molecule has 0 aliphatic heterocycles. The highest BCUT2D eigenvalue weighted by Crippen LogP contribution is 2.34. The number of benzene rings is 2. The number of nitrogens with zero attached hydrogens (tertiary/aromatic N) is 1. The first-order chi connectivity index (χ1) is 15.6. The molecular weight excluding hydrogens is 466 g/mol. The second-order valence-corrected chi connectivity index (χ2v) is 9.82. The van der Waals surface area contributed by atoms with Gasteiger partial charge in [0.1, 0.15) is 11.0 Å². The van der Waals surface area contributed by atoms with E-state index in [0.29, 0.717) is 5.56 Å². The van der Waals surface area contributed by atoms with E-state index in [9.17, 15) is 23.1 Å². The first-order valence-electron chi connectivity index (χ1n) is 9.98. The number of hydrogen-bond acceptors (Lipinski definition) is 6. The van der Waals surface area contributed by atoms with Crippen LogP contribution < -0.4 is 10.6 Å². The van der Waals surface area contributed by atoms with Gasteiger partial charge in [-0.05, 0) is 49.2 Å². The molecule has 0 saturated heterocycles. The molecule has 0 fully saturated rings. The molecule has 0 saturated carbocycles. The van der Waals surface area contributed by atoms with Gasteiger partial charge in [-0.3, -0.25) is 14.6 Å². The fraction of sp³-hybridized carbons (Fsp3) is 0.174. The lowest BCUT2D eigenvalue weighted by molar-refractivity contribution is -0.115. The van der Waals surface area contributed by atoms with Gasteiger partial charge in [-0.25, -0.2) is 8.42 Å². The fourth-order valence-corrected chi connectivity index (χ4v) is 5.11. The van der Waals surface area contributed by atoms with E-state index in [4.69, 9.17) is 11.6 Å². The Morgan fingerprint density at radius 3 is 2.39 bits per heavy atom. The number of sulfone groups is 1. The van der Waals surface area contributed by atoms with Crippen LogP contribution in [0.1, 0.15) is 29.3 Å². The highest BCUT2D eigenvalue weighted by molar-refractivity contribution is 7.92. The summed E-state index contributed by atoms with van der Waals surface area (Å²) in [5, 5.41) is 14.0. The van der Waals surface area contributed by atoms with Crippen molar-refractivity contribution >= 4 is 44.6 Å². The smallest absolute Gasteiger partial charge is 0.255 e. The van der Waals surface area contributed by atoms with Crippen molar-refractivity contribution in [3.63, 3.8) is 0 Å². The zero-order valence-corrected chi connectivity index (χ0v) is 19.4. The molecule has 0 aliphatic carbocycles. The number of pyridine rings is 1. The van der Waals surface area contributed by atoms with Crippen LogP contribution in [0.2, 0.25) is 5.02 Å². The Labute approximate surface area is 196 Å². The molecule has 0 radical (unpaired) electrons. The van der Waals surface area contributed by atoms with Gasteiger partial charge in [-0.1, -0.05) is 30.7 Å². The number of aromatic hydroxyl groups is 1. The van der Waals surface area contributed by atoms with Gasteiger partial charge in [0.2, 0.25) is 5.91 Å². The minimum atomic E-state index is -3.95. The van der Waals surface area contributed by atoms with Crippen LogP contribution in [-0.2, 0) is 14.6 Å². The molecule has 1 atom stereocenters. The number of aryl methyl sites for hydroxylation is 1. The summed E-state index contributed by atoms with van der Waals surface area (Å²) in [6, 6.07) is 11.7. The Kier molecular flexibility index (Phi) is 7.35. The normalized spacial score (nSPS) is 12.1. The van der Waals surface area contributed by atoms with Gasteiger partial charge in [0.25, 0.3) is 5.91 Å². The zero-order valence-electron chi connectivity index (χ0n) is 17.9. The third-order valence-electron chi connectivity index (χ3n) is 4.89. The van der Waals surface area contributed by atoms with Crippen LogP contribution in [-0.4, -0.2) is 35.6 Å². The first-order valence-corrected chi connectivity index (χ1v) is 11.9. The summed E-state index contributed by atoms with van der Waals surface area (Å²) in [5.74, 6) is -1.63. The van der Waals surface area contributed by atoms with Crippen molar-refractivity contribution < 1.29 is 23.1 Å². The van der Waals surface area contributed by atoms with Crippen molar-refractivity contribution in [1.82, 2.24) is 4.98 Å². The quantitative estimate of drug-likeness (QED) is 0.429. The van der Waals surface area contributed by atoms with E-state index in [-0.39, 0.29) is 33.5 Å². The molecule has 172 valence electrons. The third kappa shape index (κ3) is 5.50. The van der Waals surface area contributed by atoms with E-state index < -0.39 is 26.9 Å². The number of nitrogens with one attached hydrogen (secondary N) is 2. The van der Waals surface area contributed by atoms with Gasteiger partial charge in [-0.2, -0.15) is 0 Å². The number of rotatable bonds is 7. The topological polar surface area (TPSA) is 125 Å². The lowest BCUT2D eigenvalue weighted by Crippen LogP contribution is -2.34. The first kappa shape index (κ1) is 24.2. The summed E-state index contributed by atoms with van der Waals surface area (Å²) < 4.78 is 26.0. The molecule has 3 rings (SSSR count). The molecule has 2 aromatic carbocycles. The number of anilines is 2. The van der Waals surface area contributed by atoms with Crippen LogP contribution in [0, 0.1) is 6.92 Å². The minimum Gasteiger partial charge on any atom is -0.506 e. The number of phenolic OH excluding ortho intramolecular Hbond substituents is 1. The van der Waals surface area contributed by atoms with Gasteiger partial charge in [0.05, 0.1) is 21.3 Å². The van der Waals surface area contributed by atoms with Crippen molar-refractivity contribution in [2.75, 3.05) is 10.6 Å². The molecule has 33 heavy (non-hydrogen) atoms. The molecule has 1 aromatic heterocycles. The molecule has 3 aromatic rings. The summed E-state index contributed by atoms with van der Waals surface area (Å²) in [4.78, 5) is 29.0. The second-order valence-electron chi connectivity index (χ2n) is 7.29. The molecule has 0 aliphatic rings. The Morgan fingerprint density at radius 1 is 1.06 bits per heavy atom. The molecule has 8 nitrogen and oxygen atoms in total. The maximum Gasteiger partial charge on any atom is 0.255 e. The monoisotopic (exact) mass is 487 g/mol. The average Bonchev–Trinajstić information content (AvgIpc) is 2.78. The van der Waals surface area contributed by atoms with Gasteiger partial charge in [0, 0.05) is 24.0 Å². The number of halogens is 1. The van der Waals surface area contributed by atoms with Gasteiger partial charge < -0.3 is 15.7 Å². The van der Waals surface area contributed by atoms with Gasteiger partial charge in [0.15, 0.2) is 9.84 Å². The van der Waals surface area contributed by atoms with Crippen molar-refractivity contribution in [2.45, 2.75) is 30.4 Å². The predicted octanol–water partition coefficient (Wildman–Crippen LogP) is 4.19. The molecule has 0 bridgehead atoms. The third-order valence-corrected chi connectivity index (χ3v) is 7.41. The molecular formula is C23H22ClN3O5S. The molecule has 3 N–H and O–H groups in total. The van der Waals surface area contributed by atoms with E-state index in [1.165, 1.54) is 42.7 Å². The predicted molar refractivity (Wildman–Crippen MR) is 126 cm³/mol. The summed E-state index contributed by atoms with van der Waals surface area (Å²) in [6.45, 7) is 3.35. The largest absolute Gasteiger partial charge is 0.506 e. The zero-order chi connectivity index (χ0) is 24.2. The Hall–Kier alpha value is -3.43. The van der Waals surface area contributed by atoms with Crippen LogP contribution in [0.15, 0.2) is 65.8 Å². The van der Waals surface area contributed by atoms with Crippen molar-refractivity contribution in [1.29, 1.82) is 0 Å². The van der Waals surface area contributed by atoms with E-state index in [0.717, 1.165) is 11.6 Å². The van der Waals surface area contributed by atoms with Crippen molar-refractivity contribution in [3.05, 3.63) is 77.1 Å². The lowest BCUT2D eigenvalue weighted by atomic mass is 10.2. The molecule has 0 spiro atoms. The summed E-state index contributed by atoms with van der Waals surface area (Å²) >= 11 is 6.24. The highest BCUT2D eigenvalue weighted by atomic mass is 35.5. The van der Waals surface area contributed by atoms with Crippen LogP contribution in [0.4, 0.5) is 11.4 Å². The standard InChI is InChI=1S/C23H22ClN3O5S/c1-3-21(33(31,32)16-6-4-5-14(2)11-16)23(30)26-18-13-20(28)19(12-17(18)24)27-22(29)15-7-9-25-10-8-15/h4-13,21,28H,3H2,1-2H3,(H,26,30)(H,27,29). The summed E-state index contributed by atoms with van der Waals surface area (Å²) in [7, 11) is -3.95. The summed E-state index contributed by atoms with van der Waals surface area (Å²) in [5.41, 5.74) is 1.12. The van der Waals surface area contributed by atoms with E-state index in [2.05, 4.69) is 15.6 Å². The van der Waals surface area contributed by atoms with Crippen LogP contribution >= 0.6 is 11.6 Å². The maximum absolute atomic E-state index is 13.0. The maximum atomic E-state index is 13.0. The lowest BCUT2D eigenvalue weighted by Gasteiger charge is -2.18. The molecule has 1 unspecified atom stereocenters. The van der Waals surface area contributed by atoms with Crippen LogP contribution in [0.3, 0.4) is 0 Å². The Morgan fingerprint density at radius 2 is 1.76 bits per heavy atom. The Bertz CT molecular complexity index is 1300. The van der Waals surface area contributed by atoms with Crippen molar-refractivity contribution in [3.8, 4) is 5.75 Å². The number of carbonyl (C=O) groups is 2. The van der Waals surface area contributed by atoms with Crippen LogP contribution in [0.25, 0.3) is 0 Å². The van der Waals surface area contributed by atoms with Gasteiger partial charge in [-0.15, -0.1) is 0 Å². The second kappa shape index (κ2) is 10.0. The number of amides is 2. The van der Waals surface area contributed by atoms with Crippen molar-refractivity contribution in [2.24, 2.45) is 0 Å². The fourth-order valence-electron chi connectivity index (χ4n) is 3.17. The van der Waals surface area contributed by atoms with E-state index >= 15 is 0 Å². The number of carbonyl (C=O) groups excluding carboxylic acids is 2. The molecule has 1 heterocycles. The average molecular weight is 488 g/mol. The van der Waals surface area contributed by atoms with Crippen LogP contribution in [0.5, 0.6) is 5.75 Å². The number of aromatic nitrogens is 1. The van der Waals surface area contributed by atoms with Gasteiger partial charge >= 0.3 is 0 Å². The molecule has 2 amide bonds. The van der Waals surface area contributed by atoms with E-state index in [1.807, 2.05) is 0 Å². The highest BCUT2D eigenvalue weighted by Gasteiger charge is 2.33. The van der Waals surface area contributed by atoms with E-state index in [1.54, 1.807) is 26.0 Å². The number of phenols is 1. The number of hydrogen-bond donors (Lipinski definition) is 3. The SMILES string of the molecule is CCC(C(=O)Nc1cc(O)c(NC(=O)c2ccncc2)cc1Cl)S(=O)(=O)c1cccc(C)c1. The Balaban J connectivity index is 1.81. The summed E-state index contributed by atoms with van der Waals surface area (Å²) in [6.07, 6.45) is 2.94. The molecule has 10 heteroatoms. The minimum absolute atomic E-state index is 0.00832.